The maximum Gasteiger partial charge on any atom is 0.332 e. The normalized spacial score (nSPS) is 14.8. The molecule has 3 nitrogen and oxygen atoms in total. The van der Waals surface area contributed by atoms with E-state index in [0.717, 1.165) is 0 Å². The second kappa shape index (κ2) is 3.01. The van der Waals surface area contributed by atoms with E-state index in [2.05, 4.69) is 6.92 Å². The molecule has 3 heteroatoms. The molecule has 0 rings (SSSR count). The molecule has 0 aromatic heterocycles. The van der Waals surface area contributed by atoms with Gasteiger partial charge in [0.2, 0.25) is 0 Å². The standard InChI is InChI=1S/C7H13O3/c1-5(6(8)9)10-7(2,3)4/h5H,1H2,2-4H3,(H,8,9). The maximum atomic E-state index is 10.2. The third-order valence-corrected chi connectivity index (χ3v) is 0.771. The van der Waals surface area contributed by atoms with Gasteiger partial charge in [0, 0.05) is 0 Å². The smallest absolute Gasteiger partial charge is 0.332 e. The molecule has 1 radical (unpaired) electrons. The molecule has 0 spiro atoms. The van der Waals surface area contributed by atoms with Crippen molar-refractivity contribution in [1.29, 1.82) is 0 Å². The lowest BCUT2D eigenvalue weighted by Crippen LogP contribution is -2.30. The summed E-state index contributed by atoms with van der Waals surface area (Å²) >= 11 is 0. The molecule has 0 fully saturated rings. The first kappa shape index (κ1) is 9.43. The number of hydrogen-bond acceptors (Lipinski definition) is 2. The first-order valence-corrected chi connectivity index (χ1v) is 3.06. The van der Waals surface area contributed by atoms with Crippen molar-refractivity contribution in [2.24, 2.45) is 0 Å². The predicted molar refractivity (Wildman–Crippen MR) is 37.6 cm³/mol. The summed E-state index contributed by atoms with van der Waals surface area (Å²) < 4.78 is 4.99. The highest BCUT2D eigenvalue weighted by atomic mass is 16.5. The molecule has 1 unspecified atom stereocenters. The first-order chi connectivity index (χ1) is 4.33. The van der Waals surface area contributed by atoms with E-state index in [0.29, 0.717) is 0 Å². The Hall–Kier alpha value is -0.570. The van der Waals surface area contributed by atoms with Crippen molar-refractivity contribution in [1.82, 2.24) is 0 Å². The van der Waals surface area contributed by atoms with Gasteiger partial charge in [-0.3, -0.25) is 0 Å². The lowest BCUT2D eigenvalue weighted by Gasteiger charge is -2.22. The van der Waals surface area contributed by atoms with Crippen LogP contribution in [-0.2, 0) is 9.53 Å². The van der Waals surface area contributed by atoms with Crippen LogP contribution in [0.2, 0.25) is 0 Å². The molecule has 59 valence electrons. The Bertz CT molecular complexity index is 123. The van der Waals surface area contributed by atoms with Gasteiger partial charge in [-0.25, -0.2) is 4.79 Å². The number of ether oxygens (including phenoxy) is 1. The van der Waals surface area contributed by atoms with Gasteiger partial charge in [-0.15, -0.1) is 0 Å². The molecule has 10 heavy (non-hydrogen) atoms. The molecule has 0 aliphatic carbocycles. The quantitative estimate of drug-likeness (QED) is 0.632. The van der Waals surface area contributed by atoms with E-state index in [-0.39, 0.29) is 0 Å². The minimum Gasteiger partial charge on any atom is -0.479 e. The molecule has 0 aromatic rings. The summed E-state index contributed by atoms with van der Waals surface area (Å²) in [4.78, 5) is 10.2. The minimum atomic E-state index is -1.03. The van der Waals surface area contributed by atoms with Crippen molar-refractivity contribution in [2.45, 2.75) is 32.5 Å². The summed E-state index contributed by atoms with van der Waals surface area (Å²) in [5, 5.41) is 8.36. The van der Waals surface area contributed by atoms with Crippen LogP contribution in [-0.4, -0.2) is 22.8 Å². The average molecular weight is 145 g/mol. The Morgan fingerprint density at radius 1 is 1.60 bits per heavy atom. The molecule has 0 bridgehead atoms. The lowest BCUT2D eigenvalue weighted by molar-refractivity contribution is -0.154. The Labute approximate surface area is 61.0 Å². The summed E-state index contributed by atoms with van der Waals surface area (Å²) in [7, 11) is 0. The highest BCUT2D eigenvalue weighted by Gasteiger charge is 2.19. The Morgan fingerprint density at radius 3 is 2.10 bits per heavy atom. The fourth-order valence-electron chi connectivity index (χ4n) is 0.477. The number of carbonyl (C=O) groups is 1. The second-order valence-corrected chi connectivity index (χ2v) is 3.06. The molecule has 1 atom stereocenters. The van der Waals surface area contributed by atoms with E-state index >= 15 is 0 Å². The second-order valence-electron chi connectivity index (χ2n) is 3.06. The topological polar surface area (TPSA) is 46.5 Å². The summed E-state index contributed by atoms with van der Waals surface area (Å²) in [6.07, 6.45) is -0.972. The summed E-state index contributed by atoms with van der Waals surface area (Å²) in [5.74, 6) is -1.03. The van der Waals surface area contributed by atoms with Gasteiger partial charge >= 0.3 is 5.97 Å². The molecular formula is C7H13O3. The Morgan fingerprint density at radius 2 is 2.00 bits per heavy atom. The number of aliphatic carboxylic acids is 1. The molecule has 0 aromatic carbocycles. The Kier molecular flexibility index (Phi) is 2.84. The fourth-order valence-corrected chi connectivity index (χ4v) is 0.477. The molecular weight excluding hydrogens is 132 g/mol. The number of hydrogen-bond donors (Lipinski definition) is 1. The van der Waals surface area contributed by atoms with Gasteiger partial charge in [-0.05, 0) is 27.7 Å². The zero-order valence-electron chi connectivity index (χ0n) is 6.55. The van der Waals surface area contributed by atoms with Gasteiger partial charge in [-0.2, -0.15) is 0 Å². The molecule has 0 heterocycles. The van der Waals surface area contributed by atoms with Crippen LogP contribution in [0.1, 0.15) is 20.8 Å². The Balaban J connectivity index is 3.80. The lowest BCUT2D eigenvalue weighted by atomic mass is 10.2. The van der Waals surface area contributed by atoms with Gasteiger partial charge in [0.15, 0.2) is 6.10 Å². The SMILES string of the molecule is [CH2]C(OC(C)(C)C)C(=O)O. The van der Waals surface area contributed by atoms with Gasteiger partial charge in [0.25, 0.3) is 0 Å². The van der Waals surface area contributed by atoms with Crippen molar-refractivity contribution in [3.05, 3.63) is 6.92 Å². The van der Waals surface area contributed by atoms with Gasteiger partial charge < -0.3 is 9.84 Å². The van der Waals surface area contributed by atoms with Crippen LogP contribution in [0.4, 0.5) is 0 Å². The van der Waals surface area contributed by atoms with Crippen LogP contribution in [0.15, 0.2) is 0 Å². The molecule has 0 saturated heterocycles. The summed E-state index contributed by atoms with van der Waals surface area (Å²) in [5.41, 5.74) is -0.440. The number of rotatable bonds is 2. The first-order valence-electron chi connectivity index (χ1n) is 3.06. The van der Waals surface area contributed by atoms with Crippen LogP contribution in [0.25, 0.3) is 0 Å². The van der Waals surface area contributed by atoms with Crippen molar-refractivity contribution in [2.75, 3.05) is 0 Å². The van der Waals surface area contributed by atoms with Crippen molar-refractivity contribution in [3.8, 4) is 0 Å². The molecule has 0 aliphatic rings. The largest absolute Gasteiger partial charge is 0.479 e. The van der Waals surface area contributed by atoms with Crippen molar-refractivity contribution in [3.63, 3.8) is 0 Å². The monoisotopic (exact) mass is 145 g/mol. The van der Waals surface area contributed by atoms with Crippen LogP contribution < -0.4 is 0 Å². The van der Waals surface area contributed by atoms with E-state index in [9.17, 15) is 4.79 Å². The molecule has 0 aliphatic heterocycles. The third-order valence-electron chi connectivity index (χ3n) is 0.771. The summed E-state index contributed by atoms with van der Waals surface area (Å²) in [6.45, 7) is 8.66. The number of carboxylic acid groups (broad SMARTS) is 1. The van der Waals surface area contributed by atoms with Crippen LogP contribution in [0.3, 0.4) is 0 Å². The van der Waals surface area contributed by atoms with E-state index < -0.39 is 17.7 Å². The van der Waals surface area contributed by atoms with E-state index in [4.69, 9.17) is 9.84 Å². The predicted octanol–water partition coefficient (Wildman–Crippen LogP) is 1.09. The highest BCUT2D eigenvalue weighted by Crippen LogP contribution is 2.09. The van der Waals surface area contributed by atoms with Crippen molar-refractivity contribution >= 4 is 5.97 Å². The average Bonchev–Trinajstić information content (AvgIpc) is 1.60. The van der Waals surface area contributed by atoms with Crippen LogP contribution in [0.5, 0.6) is 0 Å². The third kappa shape index (κ3) is 4.32. The van der Waals surface area contributed by atoms with E-state index in [1.165, 1.54) is 0 Å². The van der Waals surface area contributed by atoms with Gasteiger partial charge in [0.1, 0.15) is 0 Å². The maximum absolute atomic E-state index is 10.2. The molecule has 0 saturated carbocycles. The zero-order valence-corrected chi connectivity index (χ0v) is 6.55. The van der Waals surface area contributed by atoms with E-state index in [1.54, 1.807) is 20.8 Å². The summed E-state index contributed by atoms with van der Waals surface area (Å²) in [6, 6.07) is 0. The minimum absolute atomic E-state index is 0.440. The van der Waals surface area contributed by atoms with Crippen LogP contribution >= 0.6 is 0 Å². The number of carboxylic acids is 1. The van der Waals surface area contributed by atoms with E-state index in [1.807, 2.05) is 0 Å². The molecule has 0 amide bonds. The van der Waals surface area contributed by atoms with Crippen LogP contribution in [0, 0.1) is 6.92 Å². The molecule has 1 N–H and O–H groups in total. The van der Waals surface area contributed by atoms with Gasteiger partial charge in [0.05, 0.1) is 5.60 Å². The highest BCUT2D eigenvalue weighted by molar-refractivity contribution is 5.73. The zero-order chi connectivity index (χ0) is 8.36. The fraction of sp³-hybridized carbons (Fsp3) is 0.714. The van der Waals surface area contributed by atoms with Gasteiger partial charge in [-0.1, -0.05) is 0 Å². The van der Waals surface area contributed by atoms with Crippen molar-refractivity contribution < 1.29 is 14.6 Å².